The molecule has 1 N–H and O–H groups in total. The van der Waals surface area contributed by atoms with Crippen LogP contribution in [0.5, 0.6) is 11.5 Å². The van der Waals surface area contributed by atoms with E-state index >= 15 is 0 Å². The fourth-order valence-electron chi connectivity index (χ4n) is 3.41. The Bertz CT molecular complexity index is 1130. The average molecular weight is 422 g/mol. The van der Waals surface area contributed by atoms with E-state index in [0.29, 0.717) is 28.3 Å². The van der Waals surface area contributed by atoms with Crippen molar-refractivity contribution in [1.29, 1.82) is 0 Å². The molecular weight excluding hydrogens is 396 g/mol. The maximum atomic E-state index is 13.1. The van der Waals surface area contributed by atoms with Gasteiger partial charge in [-0.25, -0.2) is 0 Å². The Hall–Kier alpha value is -3.61. The first-order valence-corrected chi connectivity index (χ1v) is 9.84. The summed E-state index contributed by atoms with van der Waals surface area (Å²) in [6.45, 7) is 3.79. The first kappa shape index (κ1) is 22.1. The minimum Gasteiger partial charge on any atom is -0.493 e. The number of hydrogen-bond donors (Lipinski definition) is 1. The third-order valence-electron chi connectivity index (χ3n) is 5.12. The molecule has 0 fully saturated rings. The number of carbonyl (C=O) groups excluding carboxylic acids is 2. The summed E-state index contributed by atoms with van der Waals surface area (Å²) >= 11 is 0. The minimum atomic E-state index is -0.618. The molecule has 7 heteroatoms. The van der Waals surface area contributed by atoms with Crippen LogP contribution in [0, 0.1) is 13.8 Å². The van der Waals surface area contributed by atoms with Crippen molar-refractivity contribution in [2.75, 3.05) is 21.3 Å². The van der Waals surface area contributed by atoms with E-state index in [1.165, 1.54) is 14.2 Å². The molecule has 3 aromatic rings. The highest BCUT2D eigenvalue weighted by atomic mass is 16.5. The van der Waals surface area contributed by atoms with Crippen molar-refractivity contribution < 1.29 is 23.8 Å². The molecule has 0 saturated carbocycles. The number of methoxy groups -OCH3 is 3. The second kappa shape index (κ2) is 9.47. The summed E-state index contributed by atoms with van der Waals surface area (Å²) in [7, 11) is 4.39. The second-order valence-corrected chi connectivity index (χ2v) is 7.24. The molecule has 31 heavy (non-hydrogen) atoms. The molecule has 0 aliphatic carbocycles. The molecule has 1 heterocycles. The van der Waals surface area contributed by atoms with Gasteiger partial charge in [0.15, 0.2) is 11.5 Å². The summed E-state index contributed by atoms with van der Waals surface area (Å²) in [4.78, 5) is 29.7. The van der Waals surface area contributed by atoms with Crippen molar-refractivity contribution >= 4 is 22.8 Å². The van der Waals surface area contributed by atoms with Crippen molar-refractivity contribution in [3.8, 4) is 11.5 Å². The lowest BCUT2D eigenvalue weighted by atomic mass is 10.0. The van der Waals surface area contributed by atoms with Crippen LogP contribution < -0.4 is 14.8 Å². The van der Waals surface area contributed by atoms with E-state index in [9.17, 15) is 9.59 Å². The molecule has 0 aliphatic rings. The highest BCUT2D eigenvalue weighted by molar-refractivity contribution is 5.99. The van der Waals surface area contributed by atoms with E-state index in [4.69, 9.17) is 14.2 Å². The van der Waals surface area contributed by atoms with Crippen molar-refractivity contribution in [3.63, 3.8) is 0 Å². The van der Waals surface area contributed by atoms with Gasteiger partial charge in [-0.15, -0.1) is 0 Å². The molecule has 1 aromatic heterocycles. The van der Waals surface area contributed by atoms with Gasteiger partial charge in [-0.2, -0.15) is 0 Å². The lowest BCUT2D eigenvalue weighted by molar-refractivity contribution is -0.141. The quantitative estimate of drug-likeness (QED) is 0.581. The normalized spacial score (nSPS) is 11.6. The first-order valence-electron chi connectivity index (χ1n) is 9.84. The Balaban J connectivity index is 1.95. The summed E-state index contributed by atoms with van der Waals surface area (Å²) in [6, 6.07) is 12.3. The second-order valence-electron chi connectivity index (χ2n) is 7.24. The van der Waals surface area contributed by atoms with Gasteiger partial charge in [0.2, 0.25) is 0 Å². The summed E-state index contributed by atoms with van der Waals surface area (Å²) in [5.74, 6) is 0.294. The number of carbonyl (C=O) groups is 2. The Morgan fingerprint density at radius 1 is 0.968 bits per heavy atom. The lowest BCUT2D eigenvalue weighted by Crippen LogP contribution is -2.31. The summed E-state index contributed by atoms with van der Waals surface area (Å²) in [6.07, 6.45) is -0.0308. The van der Waals surface area contributed by atoms with Gasteiger partial charge in [0, 0.05) is 5.39 Å². The number of ether oxygens (including phenoxy) is 3. The maximum absolute atomic E-state index is 13.1. The van der Waals surface area contributed by atoms with Crippen molar-refractivity contribution in [2.24, 2.45) is 0 Å². The van der Waals surface area contributed by atoms with E-state index < -0.39 is 12.0 Å². The molecular formula is C24H26N2O5. The molecule has 0 spiro atoms. The van der Waals surface area contributed by atoms with E-state index in [-0.39, 0.29) is 12.3 Å². The van der Waals surface area contributed by atoms with Crippen LogP contribution in [-0.4, -0.2) is 38.2 Å². The van der Waals surface area contributed by atoms with Crippen molar-refractivity contribution in [2.45, 2.75) is 26.3 Å². The van der Waals surface area contributed by atoms with Gasteiger partial charge in [-0.1, -0.05) is 18.2 Å². The molecule has 0 bridgehead atoms. The molecule has 0 radical (unpaired) electrons. The van der Waals surface area contributed by atoms with Crippen LogP contribution in [0.15, 0.2) is 42.5 Å². The Labute approximate surface area is 181 Å². The highest BCUT2D eigenvalue weighted by Crippen LogP contribution is 2.31. The van der Waals surface area contributed by atoms with Crippen LogP contribution >= 0.6 is 0 Å². The third kappa shape index (κ3) is 4.94. The fourth-order valence-corrected chi connectivity index (χ4v) is 3.41. The molecule has 1 amide bonds. The number of aryl methyl sites for hydroxylation is 2. The number of nitrogens with zero attached hydrogens (tertiary/aromatic N) is 1. The summed E-state index contributed by atoms with van der Waals surface area (Å²) < 4.78 is 15.5. The van der Waals surface area contributed by atoms with Crippen LogP contribution in [-0.2, 0) is 9.53 Å². The van der Waals surface area contributed by atoms with Gasteiger partial charge >= 0.3 is 5.97 Å². The van der Waals surface area contributed by atoms with Crippen molar-refractivity contribution in [1.82, 2.24) is 10.3 Å². The van der Waals surface area contributed by atoms with Gasteiger partial charge in [0.1, 0.15) is 0 Å². The van der Waals surface area contributed by atoms with Crippen LogP contribution in [0.3, 0.4) is 0 Å². The topological polar surface area (TPSA) is 86.8 Å². The predicted molar refractivity (Wildman–Crippen MR) is 118 cm³/mol. The number of benzene rings is 2. The van der Waals surface area contributed by atoms with Gasteiger partial charge in [-0.3, -0.25) is 14.6 Å². The predicted octanol–water partition coefficient (Wildman–Crippen LogP) is 3.90. The number of rotatable bonds is 7. The zero-order valence-corrected chi connectivity index (χ0v) is 18.3. The monoisotopic (exact) mass is 422 g/mol. The molecule has 2 aromatic carbocycles. The zero-order valence-electron chi connectivity index (χ0n) is 18.3. The highest BCUT2D eigenvalue weighted by Gasteiger charge is 2.22. The minimum absolute atomic E-state index is 0.0308. The smallest absolute Gasteiger partial charge is 0.307 e. The molecule has 1 atom stereocenters. The molecule has 0 saturated heterocycles. The van der Waals surface area contributed by atoms with Crippen LogP contribution in [0.4, 0.5) is 0 Å². The molecule has 1 unspecified atom stereocenters. The average Bonchev–Trinajstić information content (AvgIpc) is 2.77. The number of esters is 1. The fraction of sp³-hybridized carbons (Fsp3) is 0.292. The lowest BCUT2D eigenvalue weighted by Gasteiger charge is -2.20. The molecule has 3 rings (SSSR count). The van der Waals surface area contributed by atoms with Crippen LogP contribution in [0.1, 0.15) is 39.6 Å². The number of fused-ring (bicyclic) bond motifs is 1. The SMILES string of the molecule is COC(=O)CC(NC(=O)c1cc2ccc(C)cc2nc1C)c1ccc(OC)c(OC)c1. The van der Waals surface area contributed by atoms with Gasteiger partial charge < -0.3 is 19.5 Å². The van der Waals surface area contributed by atoms with E-state index in [0.717, 1.165) is 16.5 Å². The van der Waals surface area contributed by atoms with E-state index in [1.54, 1.807) is 32.2 Å². The van der Waals surface area contributed by atoms with Crippen LogP contribution in [0.25, 0.3) is 10.9 Å². The van der Waals surface area contributed by atoms with Crippen molar-refractivity contribution in [3.05, 3.63) is 64.8 Å². The number of amides is 1. The summed E-state index contributed by atoms with van der Waals surface area (Å²) in [5, 5.41) is 3.82. The number of hydrogen-bond acceptors (Lipinski definition) is 6. The Kier molecular flexibility index (Phi) is 6.74. The molecule has 7 nitrogen and oxygen atoms in total. The van der Waals surface area contributed by atoms with Gasteiger partial charge in [-0.05, 0) is 49.2 Å². The van der Waals surface area contributed by atoms with E-state index in [1.807, 2.05) is 31.2 Å². The molecule has 162 valence electrons. The third-order valence-corrected chi connectivity index (χ3v) is 5.12. The van der Waals surface area contributed by atoms with Gasteiger partial charge in [0.25, 0.3) is 5.91 Å². The number of nitrogens with one attached hydrogen (secondary N) is 1. The number of pyridine rings is 1. The van der Waals surface area contributed by atoms with Gasteiger partial charge in [0.05, 0.1) is 50.6 Å². The number of aromatic nitrogens is 1. The Morgan fingerprint density at radius 3 is 2.39 bits per heavy atom. The largest absolute Gasteiger partial charge is 0.493 e. The van der Waals surface area contributed by atoms with Crippen LogP contribution in [0.2, 0.25) is 0 Å². The molecule has 0 aliphatic heterocycles. The maximum Gasteiger partial charge on any atom is 0.307 e. The first-order chi connectivity index (χ1) is 14.9. The standard InChI is InChI=1S/C24H26N2O5/c1-14-6-7-16-11-18(15(2)25-19(16)10-14)24(28)26-20(13-23(27)31-5)17-8-9-21(29-3)22(12-17)30-4/h6-12,20H,13H2,1-5H3,(H,26,28). The van der Waals surface area contributed by atoms with E-state index in [2.05, 4.69) is 10.3 Å². The summed E-state index contributed by atoms with van der Waals surface area (Å²) in [5.41, 5.74) is 3.69. The Morgan fingerprint density at radius 2 is 1.71 bits per heavy atom. The zero-order chi connectivity index (χ0) is 22.5.